The van der Waals surface area contributed by atoms with Crippen LogP contribution in [0, 0.1) is 0 Å². The van der Waals surface area contributed by atoms with E-state index in [0.717, 1.165) is 11.1 Å². The average Bonchev–Trinajstić information content (AvgIpc) is 3.13. The molecule has 5 nitrogen and oxygen atoms in total. The summed E-state index contributed by atoms with van der Waals surface area (Å²) in [6, 6.07) is 18.4. The van der Waals surface area contributed by atoms with Gasteiger partial charge in [-0.15, -0.1) is 0 Å². The SMILES string of the molecule is O=C(N/N=C\C(Cl)=C\c1ccccc1)c1cc(-c2ccc(Cl)cc2)n[nH]1. The number of nitrogens with zero attached hydrogens (tertiary/aromatic N) is 2. The number of amides is 1. The molecule has 26 heavy (non-hydrogen) atoms. The van der Waals surface area contributed by atoms with Gasteiger partial charge in [-0.05, 0) is 29.8 Å². The molecule has 0 aliphatic rings. The number of aromatic nitrogens is 2. The molecule has 1 amide bonds. The molecule has 0 fully saturated rings. The zero-order valence-corrected chi connectivity index (χ0v) is 15.0. The third kappa shape index (κ3) is 4.81. The molecule has 3 aromatic rings. The van der Waals surface area contributed by atoms with Crippen molar-refractivity contribution in [3.63, 3.8) is 0 Å². The van der Waals surface area contributed by atoms with E-state index in [-0.39, 0.29) is 5.69 Å². The monoisotopic (exact) mass is 384 g/mol. The Labute approximate surface area is 160 Å². The number of allylic oxidation sites excluding steroid dienone is 1. The second kappa shape index (κ2) is 8.47. The summed E-state index contributed by atoms with van der Waals surface area (Å²) >= 11 is 11.9. The number of H-pyrrole nitrogens is 1. The summed E-state index contributed by atoms with van der Waals surface area (Å²) in [5, 5.41) is 11.7. The highest BCUT2D eigenvalue weighted by atomic mass is 35.5. The fourth-order valence-corrected chi connectivity index (χ4v) is 2.47. The van der Waals surface area contributed by atoms with Crippen LogP contribution in [0.3, 0.4) is 0 Å². The van der Waals surface area contributed by atoms with Gasteiger partial charge in [-0.25, -0.2) is 5.43 Å². The summed E-state index contributed by atoms with van der Waals surface area (Å²) in [4.78, 5) is 12.1. The molecule has 2 aromatic carbocycles. The van der Waals surface area contributed by atoms with Crippen LogP contribution in [0.2, 0.25) is 5.02 Å². The molecule has 0 atom stereocenters. The molecule has 0 saturated heterocycles. The van der Waals surface area contributed by atoms with Crippen molar-refractivity contribution in [3.05, 3.63) is 82.0 Å². The number of halogens is 2. The van der Waals surface area contributed by atoms with Gasteiger partial charge in [0.15, 0.2) is 0 Å². The number of hydrogen-bond acceptors (Lipinski definition) is 3. The van der Waals surface area contributed by atoms with Crippen molar-refractivity contribution in [3.8, 4) is 11.3 Å². The van der Waals surface area contributed by atoms with E-state index in [4.69, 9.17) is 23.2 Å². The third-order valence-corrected chi connectivity index (χ3v) is 3.88. The van der Waals surface area contributed by atoms with Crippen LogP contribution in [-0.2, 0) is 0 Å². The Morgan fingerprint density at radius 3 is 2.58 bits per heavy atom. The van der Waals surface area contributed by atoms with Gasteiger partial charge in [0, 0.05) is 10.6 Å². The van der Waals surface area contributed by atoms with Gasteiger partial charge in [0.2, 0.25) is 0 Å². The molecule has 0 radical (unpaired) electrons. The van der Waals surface area contributed by atoms with Crippen molar-refractivity contribution in [2.75, 3.05) is 0 Å². The first-order chi connectivity index (χ1) is 12.6. The van der Waals surface area contributed by atoms with Gasteiger partial charge < -0.3 is 0 Å². The van der Waals surface area contributed by atoms with Crippen molar-refractivity contribution < 1.29 is 4.79 Å². The third-order valence-electron chi connectivity index (χ3n) is 3.42. The van der Waals surface area contributed by atoms with Crippen LogP contribution in [0.15, 0.2) is 70.8 Å². The molecule has 0 bridgehead atoms. The highest BCUT2D eigenvalue weighted by Gasteiger charge is 2.10. The Bertz CT molecular complexity index is 947. The Kier molecular flexibility index (Phi) is 5.84. The minimum atomic E-state index is -0.418. The van der Waals surface area contributed by atoms with Gasteiger partial charge in [-0.2, -0.15) is 10.2 Å². The number of nitrogens with one attached hydrogen (secondary N) is 2. The minimum absolute atomic E-state index is 0.287. The lowest BCUT2D eigenvalue weighted by atomic mass is 10.1. The van der Waals surface area contributed by atoms with Crippen LogP contribution in [0.5, 0.6) is 0 Å². The molecular formula is C19H14Cl2N4O. The number of carbonyl (C=O) groups excluding carboxylic acids is 1. The summed E-state index contributed by atoms with van der Waals surface area (Å²) in [5.41, 5.74) is 5.12. The second-order valence-corrected chi connectivity index (χ2v) is 6.19. The van der Waals surface area contributed by atoms with E-state index in [9.17, 15) is 4.79 Å². The van der Waals surface area contributed by atoms with Crippen molar-refractivity contribution in [2.24, 2.45) is 5.10 Å². The average molecular weight is 385 g/mol. The number of carbonyl (C=O) groups is 1. The fourth-order valence-electron chi connectivity index (χ4n) is 2.17. The number of rotatable bonds is 5. The first kappa shape index (κ1) is 17.9. The van der Waals surface area contributed by atoms with Crippen LogP contribution in [0.4, 0.5) is 0 Å². The van der Waals surface area contributed by atoms with Gasteiger partial charge in [0.05, 0.1) is 16.9 Å². The van der Waals surface area contributed by atoms with Crippen molar-refractivity contribution in [2.45, 2.75) is 0 Å². The molecule has 7 heteroatoms. The fraction of sp³-hybridized carbons (Fsp3) is 0. The molecule has 130 valence electrons. The van der Waals surface area contributed by atoms with Gasteiger partial charge in [-0.1, -0.05) is 65.7 Å². The molecule has 1 aromatic heterocycles. The molecule has 1 heterocycles. The quantitative estimate of drug-likeness (QED) is 0.493. The van der Waals surface area contributed by atoms with E-state index in [1.807, 2.05) is 42.5 Å². The zero-order chi connectivity index (χ0) is 18.4. The van der Waals surface area contributed by atoms with E-state index in [1.165, 1.54) is 6.21 Å². The summed E-state index contributed by atoms with van der Waals surface area (Å²) in [6.07, 6.45) is 3.11. The molecule has 0 aliphatic heterocycles. The van der Waals surface area contributed by atoms with Gasteiger partial charge in [0.25, 0.3) is 5.91 Å². The number of hydrazone groups is 1. The lowest BCUT2D eigenvalue weighted by Crippen LogP contribution is -2.17. The summed E-state index contributed by atoms with van der Waals surface area (Å²) in [6.45, 7) is 0. The predicted octanol–water partition coefficient (Wildman–Crippen LogP) is 4.73. The van der Waals surface area contributed by atoms with E-state index in [0.29, 0.717) is 15.7 Å². The number of aromatic amines is 1. The standard InChI is InChI=1S/C19H14Cl2N4O/c20-15-8-6-14(7-9-15)17-11-18(24-23-17)19(26)25-22-12-16(21)10-13-4-2-1-3-5-13/h1-12H,(H,23,24)(H,25,26)/b16-10-,22-12-. The topological polar surface area (TPSA) is 70.1 Å². The van der Waals surface area contributed by atoms with Crippen molar-refractivity contribution in [1.82, 2.24) is 15.6 Å². The minimum Gasteiger partial charge on any atom is -0.272 e. The van der Waals surface area contributed by atoms with E-state index in [1.54, 1.807) is 24.3 Å². The molecular weight excluding hydrogens is 371 g/mol. The van der Waals surface area contributed by atoms with Crippen molar-refractivity contribution in [1.29, 1.82) is 0 Å². The van der Waals surface area contributed by atoms with Crippen LogP contribution in [-0.4, -0.2) is 22.3 Å². The van der Waals surface area contributed by atoms with Gasteiger partial charge in [0.1, 0.15) is 5.69 Å². The Morgan fingerprint density at radius 1 is 1.12 bits per heavy atom. The summed E-state index contributed by atoms with van der Waals surface area (Å²) in [7, 11) is 0. The molecule has 0 saturated carbocycles. The smallest absolute Gasteiger partial charge is 0.272 e. The maximum absolute atomic E-state index is 12.1. The summed E-state index contributed by atoms with van der Waals surface area (Å²) < 4.78 is 0. The Hall–Kier alpha value is -2.89. The van der Waals surface area contributed by atoms with Gasteiger partial charge >= 0.3 is 0 Å². The first-order valence-electron chi connectivity index (χ1n) is 7.69. The van der Waals surface area contributed by atoms with Crippen LogP contribution in [0.25, 0.3) is 17.3 Å². The molecule has 0 spiro atoms. The highest BCUT2D eigenvalue weighted by molar-refractivity contribution is 6.41. The zero-order valence-electron chi connectivity index (χ0n) is 13.5. The number of hydrogen-bond donors (Lipinski definition) is 2. The maximum Gasteiger partial charge on any atom is 0.289 e. The molecule has 2 N–H and O–H groups in total. The Balaban J connectivity index is 1.62. The van der Waals surface area contributed by atoms with Crippen molar-refractivity contribution >= 4 is 41.4 Å². The van der Waals surface area contributed by atoms with E-state index in [2.05, 4.69) is 20.7 Å². The van der Waals surface area contributed by atoms with Crippen LogP contribution < -0.4 is 5.43 Å². The normalized spacial score (nSPS) is 11.7. The predicted molar refractivity (Wildman–Crippen MR) is 105 cm³/mol. The largest absolute Gasteiger partial charge is 0.289 e. The lowest BCUT2D eigenvalue weighted by Gasteiger charge is -1.96. The van der Waals surface area contributed by atoms with E-state index >= 15 is 0 Å². The first-order valence-corrected chi connectivity index (χ1v) is 8.44. The second-order valence-electron chi connectivity index (χ2n) is 5.31. The van der Waals surface area contributed by atoms with Crippen LogP contribution in [0.1, 0.15) is 16.1 Å². The summed E-state index contributed by atoms with van der Waals surface area (Å²) in [5.74, 6) is -0.418. The molecule has 0 unspecified atom stereocenters. The van der Waals surface area contributed by atoms with Crippen LogP contribution >= 0.6 is 23.2 Å². The molecule has 0 aliphatic carbocycles. The maximum atomic E-state index is 12.1. The van der Waals surface area contributed by atoms with E-state index < -0.39 is 5.91 Å². The Morgan fingerprint density at radius 2 is 1.85 bits per heavy atom. The highest BCUT2D eigenvalue weighted by Crippen LogP contribution is 2.20. The lowest BCUT2D eigenvalue weighted by molar-refractivity contribution is 0.0950. The number of benzene rings is 2. The molecule has 3 rings (SSSR count). The van der Waals surface area contributed by atoms with Gasteiger partial charge in [-0.3, -0.25) is 9.89 Å².